The molecule has 1 saturated heterocycles. The topological polar surface area (TPSA) is 66.0 Å². The van der Waals surface area contributed by atoms with E-state index in [0.29, 0.717) is 5.95 Å². The lowest BCUT2D eigenvalue weighted by atomic mass is 9.92. The molecule has 3 heterocycles. The molecule has 2 N–H and O–H groups in total. The van der Waals surface area contributed by atoms with E-state index in [9.17, 15) is 0 Å². The minimum Gasteiger partial charge on any atom is -0.381 e. The third-order valence-electron chi connectivity index (χ3n) is 3.77. The van der Waals surface area contributed by atoms with E-state index < -0.39 is 0 Å². The van der Waals surface area contributed by atoms with Gasteiger partial charge < -0.3 is 10.5 Å². The van der Waals surface area contributed by atoms with E-state index >= 15 is 0 Å². The van der Waals surface area contributed by atoms with Crippen LogP contribution in [0.25, 0.3) is 11.2 Å². The smallest absolute Gasteiger partial charge is 0.202 e. The molecule has 0 saturated carbocycles. The fraction of sp³-hybridized carbons (Fsp3) is 0.538. The molecule has 96 valence electrons. The van der Waals surface area contributed by atoms with Gasteiger partial charge in [-0.3, -0.25) is 4.57 Å². The standard InChI is InChI=1S/C13H18N4O/c1-9-7-10-11(15-8-9)17(12(14)16-10)13(2)3-5-18-6-4-13/h7-8H,3-6H2,1-2H3,(H2,14,16). The van der Waals surface area contributed by atoms with Crippen molar-refractivity contribution in [1.29, 1.82) is 0 Å². The number of nitrogen functional groups attached to an aromatic ring is 1. The highest BCUT2D eigenvalue weighted by atomic mass is 16.5. The number of nitrogens with zero attached hydrogens (tertiary/aromatic N) is 3. The maximum atomic E-state index is 6.09. The fourth-order valence-electron chi connectivity index (χ4n) is 2.65. The Kier molecular flexibility index (Phi) is 2.52. The zero-order valence-electron chi connectivity index (χ0n) is 10.8. The third kappa shape index (κ3) is 1.66. The van der Waals surface area contributed by atoms with E-state index in [1.165, 1.54) is 0 Å². The molecule has 1 fully saturated rings. The van der Waals surface area contributed by atoms with Gasteiger partial charge in [0.2, 0.25) is 5.95 Å². The maximum absolute atomic E-state index is 6.09. The van der Waals surface area contributed by atoms with Gasteiger partial charge in [0.25, 0.3) is 0 Å². The van der Waals surface area contributed by atoms with Crippen LogP contribution in [0.4, 0.5) is 5.95 Å². The van der Waals surface area contributed by atoms with Gasteiger partial charge in [0.1, 0.15) is 5.52 Å². The van der Waals surface area contributed by atoms with Crippen LogP contribution in [0.5, 0.6) is 0 Å². The minimum atomic E-state index is -0.0423. The van der Waals surface area contributed by atoms with Crippen molar-refractivity contribution in [2.75, 3.05) is 18.9 Å². The Balaban J connectivity index is 2.18. The zero-order valence-corrected chi connectivity index (χ0v) is 10.8. The third-order valence-corrected chi connectivity index (χ3v) is 3.77. The predicted octanol–water partition coefficient (Wildman–Crippen LogP) is 1.85. The van der Waals surface area contributed by atoms with Crippen molar-refractivity contribution < 1.29 is 4.74 Å². The first kappa shape index (κ1) is 11.5. The van der Waals surface area contributed by atoms with Gasteiger partial charge in [-0.1, -0.05) is 0 Å². The van der Waals surface area contributed by atoms with Crippen molar-refractivity contribution in [3.63, 3.8) is 0 Å². The average molecular weight is 246 g/mol. The highest BCUT2D eigenvalue weighted by Crippen LogP contribution is 2.33. The summed E-state index contributed by atoms with van der Waals surface area (Å²) in [6.07, 6.45) is 3.75. The molecule has 5 heteroatoms. The molecule has 2 aromatic rings. The van der Waals surface area contributed by atoms with Gasteiger partial charge in [-0.05, 0) is 38.3 Å². The van der Waals surface area contributed by atoms with Gasteiger partial charge in [-0.15, -0.1) is 0 Å². The summed E-state index contributed by atoms with van der Waals surface area (Å²) in [7, 11) is 0. The van der Waals surface area contributed by atoms with E-state index in [2.05, 4.69) is 21.5 Å². The van der Waals surface area contributed by atoms with Crippen molar-refractivity contribution in [2.45, 2.75) is 32.2 Å². The average Bonchev–Trinajstić information content (AvgIpc) is 2.65. The molecule has 3 rings (SSSR count). The van der Waals surface area contributed by atoms with Crippen LogP contribution in [0.2, 0.25) is 0 Å². The summed E-state index contributed by atoms with van der Waals surface area (Å²) in [5, 5.41) is 0. The number of anilines is 1. The van der Waals surface area contributed by atoms with Gasteiger partial charge in [-0.25, -0.2) is 9.97 Å². The quantitative estimate of drug-likeness (QED) is 0.834. The SMILES string of the molecule is Cc1cnc2c(c1)nc(N)n2C1(C)CCOCC1. The molecule has 0 unspecified atom stereocenters. The van der Waals surface area contributed by atoms with Crippen molar-refractivity contribution in [2.24, 2.45) is 0 Å². The number of rotatable bonds is 1. The monoisotopic (exact) mass is 246 g/mol. The molecule has 0 spiro atoms. The van der Waals surface area contributed by atoms with Gasteiger partial charge in [-0.2, -0.15) is 0 Å². The zero-order chi connectivity index (χ0) is 12.8. The highest BCUT2D eigenvalue weighted by molar-refractivity contribution is 5.75. The summed E-state index contributed by atoms with van der Waals surface area (Å²) in [6.45, 7) is 5.75. The Morgan fingerprint density at radius 3 is 2.83 bits per heavy atom. The Morgan fingerprint density at radius 1 is 1.39 bits per heavy atom. The second-order valence-electron chi connectivity index (χ2n) is 5.27. The van der Waals surface area contributed by atoms with E-state index in [1.54, 1.807) is 0 Å². The predicted molar refractivity (Wildman–Crippen MR) is 70.4 cm³/mol. The number of fused-ring (bicyclic) bond motifs is 1. The molecule has 1 aliphatic rings. The van der Waals surface area contributed by atoms with Crippen LogP contribution in [-0.4, -0.2) is 27.7 Å². The number of ether oxygens (including phenoxy) is 1. The van der Waals surface area contributed by atoms with Crippen molar-refractivity contribution >= 4 is 17.1 Å². The molecule has 2 aromatic heterocycles. The van der Waals surface area contributed by atoms with Crippen LogP contribution in [0.15, 0.2) is 12.3 Å². The van der Waals surface area contributed by atoms with Crippen molar-refractivity contribution in [3.05, 3.63) is 17.8 Å². The summed E-state index contributed by atoms with van der Waals surface area (Å²) in [5.74, 6) is 0.549. The normalized spacial score (nSPS) is 19.2. The number of aryl methyl sites for hydroxylation is 1. The Labute approximate surface area is 106 Å². The molecule has 0 amide bonds. The summed E-state index contributed by atoms with van der Waals surface area (Å²) < 4.78 is 7.51. The molecular formula is C13H18N4O. The second kappa shape index (κ2) is 3.95. The maximum Gasteiger partial charge on any atom is 0.202 e. The number of nitrogens with two attached hydrogens (primary N) is 1. The van der Waals surface area contributed by atoms with Crippen LogP contribution in [0.3, 0.4) is 0 Å². The summed E-state index contributed by atoms with van der Waals surface area (Å²) in [4.78, 5) is 8.93. The number of aromatic nitrogens is 3. The van der Waals surface area contributed by atoms with Crippen LogP contribution in [0.1, 0.15) is 25.3 Å². The summed E-state index contributed by atoms with van der Waals surface area (Å²) in [6, 6.07) is 2.03. The van der Waals surface area contributed by atoms with Crippen LogP contribution < -0.4 is 5.73 Å². The van der Waals surface area contributed by atoms with Gasteiger partial charge in [0, 0.05) is 19.4 Å². The highest BCUT2D eigenvalue weighted by Gasteiger charge is 2.32. The molecule has 1 aliphatic heterocycles. The van der Waals surface area contributed by atoms with Crippen LogP contribution >= 0.6 is 0 Å². The first-order valence-electron chi connectivity index (χ1n) is 6.29. The number of imidazole rings is 1. The summed E-state index contributed by atoms with van der Waals surface area (Å²) >= 11 is 0. The number of pyridine rings is 1. The minimum absolute atomic E-state index is 0.0423. The van der Waals surface area contributed by atoms with Crippen molar-refractivity contribution in [1.82, 2.24) is 14.5 Å². The Bertz CT molecular complexity index is 584. The molecule has 0 radical (unpaired) electrons. The lowest BCUT2D eigenvalue weighted by Crippen LogP contribution is -2.37. The summed E-state index contributed by atoms with van der Waals surface area (Å²) in [5.41, 5.74) is 8.90. The van der Waals surface area contributed by atoms with Gasteiger partial charge in [0.05, 0.1) is 5.54 Å². The lowest BCUT2D eigenvalue weighted by molar-refractivity contribution is 0.0318. The van der Waals surface area contributed by atoms with Gasteiger partial charge >= 0.3 is 0 Å². The van der Waals surface area contributed by atoms with Gasteiger partial charge in [0.15, 0.2) is 5.65 Å². The van der Waals surface area contributed by atoms with Crippen molar-refractivity contribution in [3.8, 4) is 0 Å². The van der Waals surface area contributed by atoms with E-state index in [0.717, 1.165) is 42.8 Å². The van der Waals surface area contributed by atoms with E-state index in [-0.39, 0.29) is 5.54 Å². The Hall–Kier alpha value is -1.62. The second-order valence-corrected chi connectivity index (χ2v) is 5.27. The molecule has 0 aromatic carbocycles. The van der Waals surface area contributed by atoms with Crippen LogP contribution in [-0.2, 0) is 10.3 Å². The van der Waals surface area contributed by atoms with E-state index in [1.807, 2.05) is 19.2 Å². The van der Waals surface area contributed by atoms with Crippen LogP contribution in [0, 0.1) is 6.92 Å². The molecule has 5 nitrogen and oxygen atoms in total. The molecule has 0 bridgehead atoms. The lowest BCUT2D eigenvalue weighted by Gasteiger charge is -2.35. The number of hydrogen-bond acceptors (Lipinski definition) is 4. The molecule has 0 aliphatic carbocycles. The first-order chi connectivity index (χ1) is 8.60. The largest absolute Gasteiger partial charge is 0.381 e. The fourth-order valence-corrected chi connectivity index (χ4v) is 2.65. The first-order valence-corrected chi connectivity index (χ1v) is 6.29. The molecule has 0 atom stereocenters. The van der Waals surface area contributed by atoms with E-state index in [4.69, 9.17) is 10.5 Å². The Morgan fingerprint density at radius 2 is 2.11 bits per heavy atom. The molecular weight excluding hydrogens is 228 g/mol. The molecule has 18 heavy (non-hydrogen) atoms. The number of hydrogen-bond donors (Lipinski definition) is 1.